The van der Waals surface area contributed by atoms with Gasteiger partial charge in [-0.1, -0.05) is 53.5 Å². The van der Waals surface area contributed by atoms with Crippen molar-refractivity contribution >= 4 is 56.8 Å². The van der Waals surface area contributed by atoms with Crippen LogP contribution < -0.4 is 14.2 Å². The van der Waals surface area contributed by atoms with Crippen LogP contribution in [0.3, 0.4) is 0 Å². The van der Waals surface area contributed by atoms with Gasteiger partial charge in [0.1, 0.15) is 17.6 Å². The van der Waals surface area contributed by atoms with Crippen LogP contribution >= 0.6 is 23.2 Å². The molecular formula is C33H27Cl2N6O3+. The second-order valence-electron chi connectivity index (χ2n) is 10.8. The van der Waals surface area contributed by atoms with Gasteiger partial charge in [0.25, 0.3) is 0 Å². The molecule has 0 amide bonds. The Morgan fingerprint density at radius 1 is 1.05 bits per heavy atom. The number of rotatable bonds is 6. The third-order valence-electron chi connectivity index (χ3n) is 8.22. The minimum atomic E-state index is -0.935. The fraction of sp³-hybridized carbons (Fsp3) is 0.182. The first-order valence-electron chi connectivity index (χ1n) is 14.0. The minimum Gasteiger partial charge on any atom is -0.495 e. The van der Waals surface area contributed by atoms with E-state index in [0.29, 0.717) is 51.3 Å². The number of hydrogen-bond acceptors (Lipinski definition) is 6. The number of carbonyl (C=O) groups is 1. The van der Waals surface area contributed by atoms with E-state index in [2.05, 4.69) is 15.6 Å². The molecule has 1 fully saturated rings. The molecule has 11 heteroatoms. The molecule has 3 aromatic carbocycles. The van der Waals surface area contributed by atoms with Gasteiger partial charge in [-0.2, -0.15) is 4.57 Å². The molecule has 0 radical (unpaired) electrons. The monoisotopic (exact) mass is 625 g/mol. The molecule has 7 rings (SSSR count). The molecule has 6 aromatic rings. The number of hydrogen-bond donors (Lipinski definition) is 1. The minimum absolute atomic E-state index is 0.200. The number of aromatic nitrogens is 5. The Bertz CT molecular complexity index is 2050. The third kappa shape index (κ3) is 4.78. The zero-order chi connectivity index (χ0) is 30.5. The number of aliphatic carboxylic acids is 1. The maximum Gasteiger partial charge on any atom is 0.326 e. The first-order valence-corrected chi connectivity index (χ1v) is 14.8. The normalized spacial score (nSPS) is 16.6. The standard InChI is InChI=1S/C33H26Cl2N6O3/c1-19-12-23-27(39-11-9-36-18-39)8-10-40(28(23)16-24(19)34)21-13-29(33(42)43)41(17-21)32-22-14-30(44-2)25(35)15-26(22)37-31(38-32)20-6-4-3-5-7-20/h3-12,14-16,18,21,29H,13,17H2,1-2H3/p+1/t21?,29-/m0/s1. The highest BCUT2D eigenvalue weighted by Gasteiger charge is 2.44. The first-order chi connectivity index (χ1) is 21.3. The number of aryl methyl sites for hydroxylation is 1. The lowest BCUT2D eigenvalue weighted by Crippen LogP contribution is -2.42. The van der Waals surface area contributed by atoms with Gasteiger partial charge in [-0.15, -0.1) is 0 Å². The van der Waals surface area contributed by atoms with Crippen LogP contribution in [0.1, 0.15) is 18.0 Å². The molecule has 44 heavy (non-hydrogen) atoms. The summed E-state index contributed by atoms with van der Waals surface area (Å²) in [7, 11) is 1.54. The molecule has 0 bridgehead atoms. The summed E-state index contributed by atoms with van der Waals surface area (Å²) < 4.78 is 9.59. The fourth-order valence-corrected chi connectivity index (χ4v) is 6.44. The lowest BCUT2D eigenvalue weighted by atomic mass is 10.1. The molecular weight excluding hydrogens is 599 g/mol. The van der Waals surface area contributed by atoms with E-state index in [1.807, 2.05) is 71.2 Å². The molecule has 220 valence electrons. The first kappa shape index (κ1) is 28.1. The number of imidazole rings is 1. The van der Waals surface area contributed by atoms with Crippen molar-refractivity contribution in [1.29, 1.82) is 0 Å². The van der Waals surface area contributed by atoms with Crippen LogP contribution in [0.5, 0.6) is 5.75 Å². The number of pyridine rings is 1. The Labute approximate surface area is 262 Å². The van der Waals surface area contributed by atoms with E-state index in [0.717, 1.165) is 27.7 Å². The lowest BCUT2D eigenvalue weighted by molar-refractivity contribution is -0.694. The van der Waals surface area contributed by atoms with Gasteiger partial charge in [-0.3, -0.25) is 0 Å². The van der Waals surface area contributed by atoms with Gasteiger partial charge in [0.2, 0.25) is 5.52 Å². The summed E-state index contributed by atoms with van der Waals surface area (Å²) in [5.74, 6) is 0.509. The molecule has 1 aliphatic rings. The Kier molecular flexibility index (Phi) is 7.07. The van der Waals surface area contributed by atoms with E-state index in [-0.39, 0.29) is 6.04 Å². The van der Waals surface area contributed by atoms with Gasteiger partial charge >= 0.3 is 5.97 Å². The van der Waals surface area contributed by atoms with Crippen LogP contribution in [0, 0.1) is 6.92 Å². The second-order valence-corrected chi connectivity index (χ2v) is 11.6. The molecule has 9 nitrogen and oxygen atoms in total. The quantitative estimate of drug-likeness (QED) is 0.212. The summed E-state index contributed by atoms with van der Waals surface area (Å²) in [6, 6.07) is 18.1. The predicted octanol–water partition coefficient (Wildman–Crippen LogP) is 6.45. The number of nitrogens with zero attached hydrogens (tertiary/aromatic N) is 6. The molecule has 0 spiro atoms. The molecule has 2 atom stereocenters. The number of anilines is 1. The Morgan fingerprint density at radius 2 is 1.86 bits per heavy atom. The number of methoxy groups -OCH3 is 1. The summed E-state index contributed by atoms with van der Waals surface area (Å²) in [4.78, 5) is 28.7. The summed E-state index contributed by atoms with van der Waals surface area (Å²) >= 11 is 13.2. The molecule has 4 heterocycles. The maximum absolute atomic E-state index is 12.8. The van der Waals surface area contributed by atoms with E-state index >= 15 is 0 Å². The van der Waals surface area contributed by atoms with Gasteiger partial charge in [-0.25, -0.2) is 19.7 Å². The van der Waals surface area contributed by atoms with E-state index in [9.17, 15) is 9.90 Å². The Hall–Kier alpha value is -4.73. The van der Waals surface area contributed by atoms with E-state index in [4.69, 9.17) is 37.9 Å². The van der Waals surface area contributed by atoms with E-state index in [1.54, 1.807) is 31.8 Å². The van der Waals surface area contributed by atoms with Crippen LogP contribution in [0.4, 0.5) is 5.82 Å². The molecule has 0 aliphatic carbocycles. The molecule has 1 saturated heterocycles. The van der Waals surface area contributed by atoms with Gasteiger partial charge < -0.3 is 19.3 Å². The van der Waals surface area contributed by atoms with Crippen LogP contribution in [0.2, 0.25) is 10.0 Å². The van der Waals surface area contributed by atoms with Crippen molar-refractivity contribution in [3.05, 3.63) is 101 Å². The molecule has 1 aliphatic heterocycles. The molecule has 3 aromatic heterocycles. The summed E-state index contributed by atoms with van der Waals surface area (Å²) in [5, 5.41) is 13.2. The highest BCUT2D eigenvalue weighted by atomic mass is 35.5. The topological polar surface area (TPSA) is 97.2 Å². The van der Waals surface area contributed by atoms with Gasteiger partial charge in [-0.05, 0) is 30.7 Å². The van der Waals surface area contributed by atoms with Gasteiger partial charge in [0.05, 0.1) is 46.6 Å². The number of fused-ring (bicyclic) bond motifs is 2. The second kappa shape index (κ2) is 11.1. The largest absolute Gasteiger partial charge is 0.495 e. The van der Waals surface area contributed by atoms with Crippen LogP contribution in [0.25, 0.3) is 38.9 Å². The molecule has 1 unspecified atom stereocenters. The van der Waals surface area contributed by atoms with Crippen LogP contribution in [0.15, 0.2) is 85.6 Å². The number of ether oxygens (including phenoxy) is 1. The van der Waals surface area contributed by atoms with E-state index in [1.165, 1.54) is 0 Å². The van der Waals surface area contributed by atoms with E-state index < -0.39 is 12.0 Å². The fourth-order valence-electron chi connectivity index (χ4n) is 6.05. The zero-order valence-corrected chi connectivity index (χ0v) is 25.4. The summed E-state index contributed by atoms with van der Waals surface area (Å²) in [5.41, 5.74) is 4.21. The van der Waals surface area contributed by atoms with Gasteiger partial charge in [0.15, 0.2) is 18.1 Å². The zero-order valence-electron chi connectivity index (χ0n) is 23.9. The van der Waals surface area contributed by atoms with Crippen molar-refractivity contribution in [3.8, 4) is 22.8 Å². The van der Waals surface area contributed by atoms with Crippen LogP contribution in [-0.4, -0.2) is 50.3 Å². The Morgan fingerprint density at radius 3 is 2.59 bits per heavy atom. The smallest absolute Gasteiger partial charge is 0.326 e. The van der Waals surface area contributed by atoms with Crippen molar-refractivity contribution < 1.29 is 19.2 Å². The summed E-state index contributed by atoms with van der Waals surface area (Å²) in [6.07, 6.45) is 7.73. The van der Waals surface area contributed by atoms with Gasteiger partial charge in [0, 0.05) is 41.9 Å². The number of carboxylic acid groups (broad SMARTS) is 1. The van der Waals surface area contributed by atoms with Crippen molar-refractivity contribution in [1.82, 2.24) is 19.5 Å². The average molecular weight is 627 g/mol. The maximum atomic E-state index is 12.8. The van der Waals surface area contributed by atoms with Crippen LogP contribution in [-0.2, 0) is 4.79 Å². The number of halogens is 2. The number of benzene rings is 3. The SMILES string of the molecule is COc1cc2c(N3CC([n+]4ccc(-n5ccnc5)c5cc(C)c(Cl)cc54)C[C@H]3C(=O)O)nc(-c3ccccc3)nc2cc1Cl. The van der Waals surface area contributed by atoms with Crippen molar-refractivity contribution in [2.24, 2.45) is 0 Å². The highest BCUT2D eigenvalue weighted by molar-refractivity contribution is 6.33. The molecule has 0 saturated carbocycles. The average Bonchev–Trinajstić information content (AvgIpc) is 3.72. The summed E-state index contributed by atoms with van der Waals surface area (Å²) in [6.45, 7) is 2.36. The highest BCUT2D eigenvalue weighted by Crippen LogP contribution is 2.39. The lowest BCUT2D eigenvalue weighted by Gasteiger charge is -2.24. The number of carboxylic acids is 1. The third-order valence-corrected chi connectivity index (χ3v) is 8.92. The predicted molar refractivity (Wildman–Crippen MR) is 170 cm³/mol. The Balaban J connectivity index is 1.40. The molecule has 1 N–H and O–H groups in total. The van der Waals surface area contributed by atoms with Crippen molar-refractivity contribution in [3.63, 3.8) is 0 Å². The van der Waals surface area contributed by atoms with Crippen molar-refractivity contribution in [2.75, 3.05) is 18.6 Å². The van der Waals surface area contributed by atoms with Crippen molar-refractivity contribution in [2.45, 2.75) is 25.4 Å².